The molecule has 2 aromatic rings. The predicted octanol–water partition coefficient (Wildman–Crippen LogP) is 2.87. The summed E-state index contributed by atoms with van der Waals surface area (Å²) < 4.78 is 5.46. The van der Waals surface area contributed by atoms with E-state index in [0.29, 0.717) is 18.1 Å². The van der Waals surface area contributed by atoms with Crippen LogP contribution in [0.2, 0.25) is 0 Å². The van der Waals surface area contributed by atoms with Gasteiger partial charge in [-0.25, -0.2) is 0 Å². The lowest BCUT2D eigenvalue weighted by Crippen LogP contribution is -2.46. The van der Waals surface area contributed by atoms with Gasteiger partial charge in [0.1, 0.15) is 11.7 Å². The fraction of sp³-hybridized carbons (Fsp3) is 0.478. The number of carbonyl (C=O) groups excluding carboxylic acids is 1. The number of hydrogen-bond donors (Lipinski definition) is 3. The average Bonchev–Trinajstić information content (AvgIpc) is 2.74. The number of hydrogen-bond acceptors (Lipinski definition) is 7. The van der Waals surface area contributed by atoms with Crippen molar-refractivity contribution in [2.24, 2.45) is 5.92 Å². The number of phenols is 1. The number of nitrogens with one attached hydrogen (secondary N) is 2. The van der Waals surface area contributed by atoms with E-state index in [1.807, 2.05) is 6.07 Å². The molecule has 4 unspecified atom stereocenters. The Morgan fingerprint density at radius 2 is 2.00 bits per heavy atom. The Bertz CT molecular complexity index is 1130. The first kappa shape index (κ1) is 21.7. The van der Waals surface area contributed by atoms with Gasteiger partial charge in [-0.3, -0.25) is 14.6 Å². The maximum Gasteiger partial charge on any atom is 0.258 e. The summed E-state index contributed by atoms with van der Waals surface area (Å²) in [4.78, 5) is 35.7. The molecule has 1 amide bonds. The van der Waals surface area contributed by atoms with Crippen molar-refractivity contribution >= 4 is 17.7 Å². The number of nitrogens with zero attached hydrogens (tertiary/aromatic N) is 3. The number of piperidine rings is 1. The van der Waals surface area contributed by atoms with E-state index in [9.17, 15) is 20.0 Å². The van der Waals surface area contributed by atoms with Crippen LogP contribution in [0.25, 0.3) is 0 Å². The van der Waals surface area contributed by atoms with Crippen LogP contribution in [0.1, 0.15) is 57.1 Å². The molecule has 3 heterocycles. The van der Waals surface area contributed by atoms with Gasteiger partial charge in [0.25, 0.3) is 5.56 Å². The van der Waals surface area contributed by atoms with Crippen LogP contribution in [0.3, 0.4) is 0 Å². The SMILES string of the molecule is CCOc1cc(C2c3c(nc(N4C(C)CCCC4C)[nH]c3=O)NC(=O)C2C#N)ccc1O. The molecule has 0 spiro atoms. The second-order valence-electron chi connectivity index (χ2n) is 8.42. The van der Waals surface area contributed by atoms with Crippen LogP contribution in [-0.2, 0) is 4.79 Å². The van der Waals surface area contributed by atoms with E-state index in [1.165, 1.54) is 6.07 Å². The molecule has 0 bridgehead atoms. The highest BCUT2D eigenvalue weighted by Gasteiger charge is 2.41. The van der Waals surface area contributed by atoms with Crippen molar-refractivity contribution in [3.05, 3.63) is 39.7 Å². The second-order valence-corrected chi connectivity index (χ2v) is 8.42. The molecule has 9 heteroatoms. The summed E-state index contributed by atoms with van der Waals surface area (Å²) in [5, 5.41) is 22.5. The molecule has 1 aromatic carbocycles. The lowest BCUT2D eigenvalue weighted by atomic mass is 9.79. The first-order chi connectivity index (χ1) is 15.3. The Hall–Kier alpha value is -3.54. The summed E-state index contributed by atoms with van der Waals surface area (Å²) in [5.74, 6) is -1.72. The van der Waals surface area contributed by atoms with Crippen molar-refractivity contribution in [3.63, 3.8) is 0 Å². The van der Waals surface area contributed by atoms with Crippen LogP contribution < -0.4 is 20.5 Å². The fourth-order valence-electron chi connectivity index (χ4n) is 4.82. The number of phenolic OH excluding ortho intramolecular Hbond substituents is 1. The highest BCUT2D eigenvalue weighted by Crippen LogP contribution is 2.41. The molecule has 2 aliphatic heterocycles. The minimum atomic E-state index is -1.12. The van der Waals surface area contributed by atoms with Crippen LogP contribution in [0.15, 0.2) is 23.0 Å². The van der Waals surface area contributed by atoms with Crippen molar-refractivity contribution in [1.29, 1.82) is 5.26 Å². The Morgan fingerprint density at radius 1 is 1.28 bits per heavy atom. The molecule has 4 atom stereocenters. The van der Waals surface area contributed by atoms with Gasteiger partial charge in [0.05, 0.1) is 18.2 Å². The van der Waals surface area contributed by atoms with Gasteiger partial charge in [-0.15, -0.1) is 0 Å². The monoisotopic (exact) mass is 437 g/mol. The molecule has 0 aliphatic carbocycles. The number of aromatic nitrogens is 2. The van der Waals surface area contributed by atoms with Crippen LogP contribution >= 0.6 is 0 Å². The number of carbonyl (C=O) groups is 1. The molecule has 0 radical (unpaired) electrons. The third-order valence-electron chi connectivity index (χ3n) is 6.33. The molecule has 1 aromatic heterocycles. The summed E-state index contributed by atoms with van der Waals surface area (Å²) >= 11 is 0. The van der Waals surface area contributed by atoms with Gasteiger partial charge >= 0.3 is 0 Å². The lowest BCUT2D eigenvalue weighted by Gasteiger charge is -2.40. The zero-order valence-electron chi connectivity index (χ0n) is 18.4. The van der Waals surface area contributed by atoms with E-state index in [1.54, 1.807) is 19.1 Å². The summed E-state index contributed by atoms with van der Waals surface area (Å²) in [7, 11) is 0. The average molecular weight is 438 g/mol. The predicted molar refractivity (Wildman–Crippen MR) is 119 cm³/mol. The molecular formula is C23H27N5O4. The smallest absolute Gasteiger partial charge is 0.258 e. The highest BCUT2D eigenvalue weighted by atomic mass is 16.5. The number of fused-ring (bicyclic) bond motifs is 1. The fourth-order valence-corrected chi connectivity index (χ4v) is 4.82. The first-order valence-electron chi connectivity index (χ1n) is 10.9. The zero-order valence-corrected chi connectivity index (χ0v) is 18.4. The molecule has 4 rings (SSSR count). The van der Waals surface area contributed by atoms with Crippen LogP contribution in [-0.4, -0.2) is 39.7 Å². The molecule has 0 saturated carbocycles. The number of aromatic hydroxyl groups is 1. The topological polar surface area (TPSA) is 131 Å². The van der Waals surface area contributed by atoms with E-state index in [4.69, 9.17) is 4.74 Å². The molecule has 1 fully saturated rings. The van der Waals surface area contributed by atoms with Gasteiger partial charge in [0, 0.05) is 18.0 Å². The number of aromatic amines is 1. The number of anilines is 2. The molecule has 9 nitrogen and oxygen atoms in total. The number of nitriles is 1. The minimum Gasteiger partial charge on any atom is -0.504 e. The van der Waals surface area contributed by atoms with Crippen LogP contribution in [0.5, 0.6) is 11.5 Å². The van der Waals surface area contributed by atoms with Crippen LogP contribution in [0, 0.1) is 17.2 Å². The number of amides is 1. The first-order valence-corrected chi connectivity index (χ1v) is 10.9. The molecule has 2 aliphatic rings. The van der Waals surface area contributed by atoms with Gasteiger partial charge in [-0.1, -0.05) is 6.07 Å². The van der Waals surface area contributed by atoms with Crippen molar-refractivity contribution in [1.82, 2.24) is 9.97 Å². The van der Waals surface area contributed by atoms with Gasteiger partial charge in [-0.2, -0.15) is 10.2 Å². The van der Waals surface area contributed by atoms with Crippen molar-refractivity contribution in [2.75, 3.05) is 16.8 Å². The Labute approximate surface area is 186 Å². The number of H-pyrrole nitrogens is 1. The Balaban J connectivity index is 1.85. The maximum atomic E-state index is 13.3. The quantitative estimate of drug-likeness (QED) is 0.670. The van der Waals surface area contributed by atoms with Crippen molar-refractivity contribution < 1.29 is 14.6 Å². The number of ether oxygens (including phenoxy) is 1. The second kappa shape index (κ2) is 8.54. The lowest BCUT2D eigenvalue weighted by molar-refractivity contribution is -0.119. The van der Waals surface area contributed by atoms with Gasteiger partial charge in [0.15, 0.2) is 11.5 Å². The Morgan fingerprint density at radius 3 is 2.66 bits per heavy atom. The largest absolute Gasteiger partial charge is 0.504 e. The van der Waals surface area contributed by atoms with Gasteiger partial charge in [0.2, 0.25) is 11.9 Å². The third kappa shape index (κ3) is 3.66. The molecule has 3 N–H and O–H groups in total. The van der Waals surface area contributed by atoms with Gasteiger partial charge < -0.3 is 20.1 Å². The van der Waals surface area contributed by atoms with Gasteiger partial charge in [-0.05, 0) is 57.7 Å². The summed E-state index contributed by atoms with van der Waals surface area (Å²) in [6.45, 7) is 6.30. The van der Waals surface area contributed by atoms with E-state index in [-0.39, 0.29) is 35.0 Å². The summed E-state index contributed by atoms with van der Waals surface area (Å²) in [6.07, 6.45) is 3.09. The zero-order chi connectivity index (χ0) is 23.0. The normalized spacial score (nSPS) is 24.9. The summed E-state index contributed by atoms with van der Waals surface area (Å²) in [6, 6.07) is 7.03. The van der Waals surface area contributed by atoms with E-state index < -0.39 is 23.3 Å². The molecular weight excluding hydrogens is 410 g/mol. The third-order valence-corrected chi connectivity index (χ3v) is 6.33. The highest BCUT2D eigenvalue weighted by molar-refractivity contribution is 5.98. The summed E-state index contributed by atoms with van der Waals surface area (Å²) in [5.41, 5.74) is 0.352. The minimum absolute atomic E-state index is 0.0555. The number of benzene rings is 1. The Kier molecular flexibility index (Phi) is 5.78. The number of rotatable bonds is 4. The maximum absolute atomic E-state index is 13.3. The van der Waals surface area contributed by atoms with Crippen molar-refractivity contribution in [2.45, 2.75) is 58.0 Å². The van der Waals surface area contributed by atoms with E-state index >= 15 is 0 Å². The molecule has 1 saturated heterocycles. The molecule has 168 valence electrons. The van der Waals surface area contributed by atoms with E-state index in [2.05, 4.69) is 34.0 Å². The van der Waals surface area contributed by atoms with Crippen LogP contribution in [0.4, 0.5) is 11.8 Å². The van der Waals surface area contributed by atoms with E-state index in [0.717, 1.165) is 19.3 Å². The van der Waals surface area contributed by atoms with Crippen molar-refractivity contribution in [3.8, 4) is 17.6 Å². The molecule has 32 heavy (non-hydrogen) atoms. The standard InChI is InChI=1S/C23H27N5O4/c1-4-32-17-10-14(8-9-16(17)29)18-15(11-24)21(30)25-20-19(18)22(31)27-23(26-20)28-12(2)6-5-7-13(28)3/h8-10,12-13,15,18,29H,4-7H2,1-3H3,(H2,25,26,27,30,31).